The van der Waals surface area contributed by atoms with Crippen LogP contribution in [0.1, 0.15) is 108 Å². The lowest BCUT2D eigenvalue weighted by Crippen LogP contribution is -2.13. The number of hydrogen-bond donors (Lipinski definition) is 0. The van der Waals surface area contributed by atoms with Crippen LogP contribution in [0.2, 0.25) is 0 Å². The Balaban J connectivity index is 1.46. The van der Waals surface area contributed by atoms with Crippen LogP contribution in [0, 0.1) is 29.5 Å². The monoisotopic (exact) mass is 446 g/mol. The smallest absolute Gasteiger partial charge is 0.127 e. The van der Waals surface area contributed by atoms with Gasteiger partial charge in [-0.15, -0.1) is 0 Å². The maximum absolute atomic E-state index is 14.5. The fraction of sp³-hybridized carbons (Fsp3) is 0.562. The third kappa shape index (κ3) is 8.66. The number of unbranched alkanes of at least 4 members (excludes halogenated alkanes) is 6. The van der Waals surface area contributed by atoms with Crippen molar-refractivity contribution in [3.8, 4) is 23.0 Å². The number of aryl methyl sites for hydroxylation is 1. The molecule has 3 rings (SSSR count). The number of hydrogen-bond acceptors (Lipinski definition) is 0. The van der Waals surface area contributed by atoms with E-state index in [1.807, 2.05) is 12.1 Å². The minimum absolute atomic E-state index is 0.0796. The van der Waals surface area contributed by atoms with Crippen molar-refractivity contribution in [2.45, 2.75) is 104 Å². The molecule has 0 aromatic heterocycles. The van der Waals surface area contributed by atoms with Gasteiger partial charge in [0.25, 0.3) is 0 Å². The van der Waals surface area contributed by atoms with Gasteiger partial charge in [0.1, 0.15) is 5.82 Å². The van der Waals surface area contributed by atoms with Crippen molar-refractivity contribution in [3.63, 3.8) is 0 Å². The summed E-state index contributed by atoms with van der Waals surface area (Å²) in [5.74, 6) is 8.34. The first kappa shape index (κ1) is 25.6. The second kappa shape index (κ2) is 14.2. The van der Waals surface area contributed by atoms with E-state index in [0.717, 1.165) is 53.9 Å². The summed E-state index contributed by atoms with van der Waals surface area (Å²) in [5, 5.41) is 0. The van der Waals surface area contributed by atoms with Crippen molar-refractivity contribution < 1.29 is 4.39 Å². The highest BCUT2D eigenvalue weighted by Crippen LogP contribution is 2.32. The lowest BCUT2D eigenvalue weighted by molar-refractivity contribution is 0.294. The number of halogens is 1. The minimum atomic E-state index is -0.0796. The summed E-state index contributed by atoms with van der Waals surface area (Å²) in [6, 6.07) is 14.0. The Morgan fingerprint density at radius 2 is 1.42 bits per heavy atom. The fourth-order valence-corrected chi connectivity index (χ4v) is 5.06. The van der Waals surface area contributed by atoms with Crippen LogP contribution in [0.3, 0.4) is 0 Å². The Hall–Kier alpha value is -2.07. The topological polar surface area (TPSA) is 0 Å². The van der Waals surface area contributed by atoms with E-state index in [4.69, 9.17) is 0 Å². The van der Waals surface area contributed by atoms with Crippen LogP contribution in [0.5, 0.6) is 0 Å². The molecule has 1 fully saturated rings. The summed E-state index contributed by atoms with van der Waals surface area (Å²) in [7, 11) is 0. The molecule has 1 heteroatoms. The fourth-order valence-electron chi connectivity index (χ4n) is 5.06. The molecule has 1 aliphatic carbocycles. The zero-order valence-corrected chi connectivity index (χ0v) is 21.0. The molecule has 33 heavy (non-hydrogen) atoms. The summed E-state index contributed by atoms with van der Waals surface area (Å²) in [5.41, 5.74) is 3.90. The molecule has 0 N–H and O–H groups in total. The van der Waals surface area contributed by atoms with E-state index in [0.29, 0.717) is 5.92 Å². The first-order valence-corrected chi connectivity index (χ1v) is 13.6. The molecule has 0 atom stereocenters. The molecular weight excluding hydrogens is 403 g/mol. The van der Waals surface area contributed by atoms with E-state index >= 15 is 0 Å². The molecular formula is C32H43F. The summed E-state index contributed by atoms with van der Waals surface area (Å²) in [6.07, 6.45) is 17.8. The van der Waals surface area contributed by atoms with Crippen molar-refractivity contribution >= 4 is 0 Å². The Morgan fingerprint density at radius 1 is 0.758 bits per heavy atom. The maximum Gasteiger partial charge on any atom is 0.127 e. The Kier molecular flexibility index (Phi) is 11.0. The van der Waals surface area contributed by atoms with Gasteiger partial charge in [-0.05, 0) is 79.3 Å². The van der Waals surface area contributed by atoms with Gasteiger partial charge in [0.15, 0.2) is 0 Å². The first-order valence-electron chi connectivity index (χ1n) is 13.6. The van der Waals surface area contributed by atoms with Gasteiger partial charge in [-0.1, -0.05) is 101 Å². The molecule has 0 amide bonds. The van der Waals surface area contributed by atoms with Crippen LogP contribution >= 0.6 is 0 Å². The summed E-state index contributed by atoms with van der Waals surface area (Å²) < 4.78 is 14.5. The van der Waals surface area contributed by atoms with E-state index in [-0.39, 0.29) is 5.82 Å². The Labute approximate surface area is 202 Å². The predicted molar refractivity (Wildman–Crippen MR) is 141 cm³/mol. The van der Waals surface area contributed by atoms with Gasteiger partial charge < -0.3 is 0 Å². The molecule has 0 heterocycles. The SMILES string of the molecule is CCCCCCC[C@H]1CC[C@H](C#Cc2ccc(-c3ccc(CCCCC)c(F)c3)cc2)CC1. The summed E-state index contributed by atoms with van der Waals surface area (Å²) >= 11 is 0. The van der Waals surface area contributed by atoms with Gasteiger partial charge in [0.05, 0.1) is 0 Å². The first-order chi connectivity index (χ1) is 16.2. The highest BCUT2D eigenvalue weighted by atomic mass is 19.1. The summed E-state index contributed by atoms with van der Waals surface area (Å²) in [6.45, 7) is 4.46. The Morgan fingerprint density at radius 3 is 2.12 bits per heavy atom. The zero-order valence-electron chi connectivity index (χ0n) is 21.0. The molecule has 1 saturated carbocycles. The average Bonchev–Trinajstić information content (AvgIpc) is 2.85. The van der Waals surface area contributed by atoms with Crippen molar-refractivity contribution in [3.05, 3.63) is 59.4 Å². The number of benzene rings is 2. The van der Waals surface area contributed by atoms with Crippen LogP contribution in [0.4, 0.5) is 4.39 Å². The highest BCUT2D eigenvalue weighted by molar-refractivity contribution is 5.65. The van der Waals surface area contributed by atoms with Crippen LogP contribution in [-0.4, -0.2) is 0 Å². The molecule has 0 saturated heterocycles. The third-order valence-corrected chi connectivity index (χ3v) is 7.30. The largest absolute Gasteiger partial charge is 0.207 e. The van der Waals surface area contributed by atoms with E-state index in [1.54, 1.807) is 6.07 Å². The van der Waals surface area contributed by atoms with Crippen LogP contribution in [0.15, 0.2) is 42.5 Å². The molecule has 2 aromatic carbocycles. The van der Waals surface area contributed by atoms with E-state index < -0.39 is 0 Å². The average molecular weight is 447 g/mol. The quantitative estimate of drug-likeness (QED) is 0.238. The van der Waals surface area contributed by atoms with E-state index in [1.165, 1.54) is 64.2 Å². The molecule has 1 aliphatic rings. The van der Waals surface area contributed by atoms with Crippen LogP contribution in [-0.2, 0) is 6.42 Å². The highest BCUT2D eigenvalue weighted by Gasteiger charge is 2.19. The molecule has 0 spiro atoms. The predicted octanol–water partition coefficient (Wildman–Crippen LogP) is 9.74. The van der Waals surface area contributed by atoms with Crippen LogP contribution < -0.4 is 0 Å². The van der Waals surface area contributed by atoms with Gasteiger partial charge in [-0.2, -0.15) is 0 Å². The number of rotatable bonds is 11. The molecule has 178 valence electrons. The maximum atomic E-state index is 14.5. The van der Waals surface area contributed by atoms with Gasteiger partial charge >= 0.3 is 0 Å². The van der Waals surface area contributed by atoms with E-state index in [2.05, 4.69) is 50.0 Å². The standard InChI is InChI=1S/C32H43F/c1-3-5-7-8-10-11-26-13-15-27(16-14-26)17-18-28-19-21-29(22-20-28)31-24-23-30(32(33)25-31)12-9-6-4-2/h19-27H,3-16H2,1-2H3/t26-,27-. The van der Waals surface area contributed by atoms with Crippen molar-refractivity contribution in [2.24, 2.45) is 11.8 Å². The summed E-state index contributed by atoms with van der Waals surface area (Å²) in [4.78, 5) is 0. The van der Waals surface area contributed by atoms with Gasteiger partial charge in [0.2, 0.25) is 0 Å². The molecule has 0 aliphatic heterocycles. The molecule has 0 nitrogen and oxygen atoms in total. The van der Waals surface area contributed by atoms with Crippen molar-refractivity contribution in [1.82, 2.24) is 0 Å². The molecule has 0 radical (unpaired) electrons. The third-order valence-electron chi connectivity index (χ3n) is 7.30. The molecule has 0 bridgehead atoms. The van der Waals surface area contributed by atoms with E-state index in [9.17, 15) is 4.39 Å². The molecule has 2 aromatic rings. The molecule has 0 unspecified atom stereocenters. The normalized spacial score (nSPS) is 18.0. The second-order valence-corrected chi connectivity index (χ2v) is 10.0. The van der Waals surface area contributed by atoms with Gasteiger partial charge in [-0.25, -0.2) is 4.39 Å². The van der Waals surface area contributed by atoms with Gasteiger partial charge in [-0.3, -0.25) is 0 Å². The zero-order chi connectivity index (χ0) is 23.3. The van der Waals surface area contributed by atoms with Crippen molar-refractivity contribution in [2.75, 3.05) is 0 Å². The lowest BCUT2D eigenvalue weighted by atomic mass is 9.80. The van der Waals surface area contributed by atoms with Crippen molar-refractivity contribution in [1.29, 1.82) is 0 Å². The van der Waals surface area contributed by atoms with Gasteiger partial charge in [0, 0.05) is 11.5 Å². The van der Waals surface area contributed by atoms with Crippen LogP contribution in [0.25, 0.3) is 11.1 Å². The lowest BCUT2D eigenvalue weighted by Gasteiger charge is -2.25. The minimum Gasteiger partial charge on any atom is -0.207 e. The second-order valence-electron chi connectivity index (χ2n) is 10.0. The Bertz CT molecular complexity index is 875.